The van der Waals surface area contributed by atoms with Crippen LogP contribution in [0.5, 0.6) is 0 Å². The first-order valence-corrected chi connectivity index (χ1v) is 5.60. The van der Waals surface area contributed by atoms with E-state index in [1.165, 1.54) is 12.1 Å². The minimum atomic E-state index is -0.204. The Hall–Kier alpha value is -1.40. The lowest BCUT2D eigenvalue weighted by Gasteiger charge is -2.13. The highest BCUT2D eigenvalue weighted by atomic mass is 19.1. The molecule has 1 unspecified atom stereocenters. The SMILES string of the molecule is CC(NCCCCC#N)c1ccc(F)cc1. The number of unbranched alkanes of at least 4 members (excludes halogenated alkanes) is 2. The highest BCUT2D eigenvalue weighted by molar-refractivity contribution is 5.19. The average Bonchev–Trinajstić information content (AvgIpc) is 2.29. The average molecular weight is 220 g/mol. The summed E-state index contributed by atoms with van der Waals surface area (Å²) in [5, 5.41) is 11.7. The van der Waals surface area contributed by atoms with Crippen molar-refractivity contribution in [3.05, 3.63) is 35.6 Å². The molecule has 1 rings (SSSR count). The van der Waals surface area contributed by atoms with Crippen molar-refractivity contribution >= 4 is 0 Å². The van der Waals surface area contributed by atoms with E-state index in [0.717, 1.165) is 24.9 Å². The maximum absolute atomic E-state index is 12.7. The van der Waals surface area contributed by atoms with Crippen molar-refractivity contribution in [1.82, 2.24) is 5.32 Å². The van der Waals surface area contributed by atoms with Gasteiger partial charge < -0.3 is 5.32 Å². The molecule has 0 saturated heterocycles. The van der Waals surface area contributed by atoms with Crippen LogP contribution < -0.4 is 5.32 Å². The maximum atomic E-state index is 12.7. The molecule has 0 fully saturated rings. The van der Waals surface area contributed by atoms with Crippen LogP contribution in [0.25, 0.3) is 0 Å². The molecule has 0 spiro atoms. The smallest absolute Gasteiger partial charge is 0.123 e. The van der Waals surface area contributed by atoms with Crippen molar-refractivity contribution in [1.29, 1.82) is 5.26 Å². The second-order valence-electron chi connectivity index (χ2n) is 3.84. The molecule has 0 amide bonds. The second-order valence-corrected chi connectivity index (χ2v) is 3.84. The zero-order valence-corrected chi connectivity index (χ0v) is 9.54. The molecule has 0 bridgehead atoms. The fourth-order valence-electron chi connectivity index (χ4n) is 1.52. The van der Waals surface area contributed by atoms with Crippen molar-refractivity contribution in [2.24, 2.45) is 0 Å². The number of benzene rings is 1. The van der Waals surface area contributed by atoms with E-state index in [9.17, 15) is 4.39 Å². The topological polar surface area (TPSA) is 35.8 Å². The number of nitriles is 1. The molecule has 1 atom stereocenters. The Bertz CT molecular complexity index is 340. The van der Waals surface area contributed by atoms with Crippen molar-refractivity contribution in [2.75, 3.05) is 6.54 Å². The molecule has 2 nitrogen and oxygen atoms in total. The summed E-state index contributed by atoms with van der Waals surface area (Å²) < 4.78 is 12.7. The lowest BCUT2D eigenvalue weighted by molar-refractivity contribution is 0.547. The largest absolute Gasteiger partial charge is 0.310 e. The third kappa shape index (κ3) is 4.41. The summed E-state index contributed by atoms with van der Waals surface area (Å²) in [5.41, 5.74) is 1.08. The minimum absolute atomic E-state index is 0.204. The number of hydrogen-bond donors (Lipinski definition) is 1. The maximum Gasteiger partial charge on any atom is 0.123 e. The number of rotatable bonds is 6. The second kappa shape index (κ2) is 6.97. The summed E-state index contributed by atoms with van der Waals surface area (Å²) in [6.45, 7) is 2.94. The predicted octanol–water partition coefficient (Wildman–Crippen LogP) is 3.17. The normalized spacial score (nSPS) is 12.1. The molecule has 3 heteroatoms. The van der Waals surface area contributed by atoms with Crippen LogP contribution in [0.1, 0.15) is 37.8 Å². The first-order chi connectivity index (χ1) is 7.74. The number of halogens is 1. The summed E-state index contributed by atoms with van der Waals surface area (Å²) in [6, 6.07) is 8.89. The molecular weight excluding hydrogens is 203 g/mol. The van der Waals surface area contributed by atoms with Crippen molar-refractivity contribution < 1.29 is 4.39 Å². The molecule has 0 aliphatic rings. The zero-order chi connectivity index (χ0) is 11.8. The lowest BCUT2D eigenvalue weighted by Crippen LogP contribution is -2.19. The molecule has 16 heavy (non-hydrogen) atoms. The van der Waals surface area contributed by atoms with Gasteiger partial charge in [-0.15, -0.1) is 0 Å². The highest BCUT2D eigenvalue weighted by Crippen LogP contribution is 2.12. The van der Waals surface area contributed by atoms with Gasteiger partial charge in [-0.1, -0.05) is 12.1 Å². The fourth-order valence-corrected chi connectivity index (χ4v) is 1.52. The third-order valence-electron chi connectivity index (χ3n) is 2.54. The van der Waals surface area contributed by atoms with E-state index in [2.05, 4.69) is 18.3 Å². The van der Waals surface area contributed by atoms with Crippen LogP contribution >= 0.6 is 0 Å². The summed E-state index contributed by atoms with van der Waals surface area (Å²) in [5.74, 6) is -0.204. The van der Waals surface area contributed by atoms with Crippen LogP contribution in [0.2, 0.25) is 0 Å². The van der Waals surface area contributed by atoms with E-state index in [1.807, 2.05) is 0 Å². The Morgan fingerprint density at radius 1 is 1.31 bits per heavy atom. The molecule has 0 aliphatic carbocycles. The van der Waals surface area contributed by atoms with Crippen LogP contribution in [0.15, 0.2) is 24.3 Å². The van der Waals surface area contributed by atoms with Crippen molar-refractivity contribution in [3.63, 3.8) is 0 Å². The number of nitrogens with one attached hydrogen (secondary N) is 1. The minimum Gasteiger partial charge on any atom is -0.310 e. The molecule has 0 radical (unpaired) electrons. The van der Waals surface area contributed by atoms with Gasteiger partial charge in [0.2, 0.25) is 0 Å². The third-order valence-corrected chi connectivity index (χ3v) is 2.54. The van der Waals surface area contributed by atoms with Gasteiger partial charge in [0.25, 0.3) is 0 Å². The summed E-state index contributed by atoms with van der Waals surface area (Å²) in [7, 11) is 0. The predicted molar refractivity (Wildman–Crippen MR) is 62.3 cm³/mol. The van der Waals surface area contributed by atoms with Crippen LogP contribution in [0.4, 0.5) is 4.39 Å². The highest BCUT2D eigenvalue weighted by Gasteiger charge is 2.03. The van der Waals surface area contributed by atoms with E-state index in [4.69, 9.17) is 5.26 Å². The van der Waals surface area contributed by atoms with E-state index in [1.54, 1.807) is 12.1 Å². The monoisotopic (exact) mass is 220 g/mol. The Balaban J connectivity index is 2.27. The lowest BCUT2D eigenvalue weighted by atomic mass is 10.1. The molecule has 0 saturated carbocycles. The fraction of sp³-hybridized carbons (Fsp3) is 0.462. The van der Waals surface area contributed by atoms with Crippen LogP contribution in [-0.4, -0.2) is 6.54 Å². The van der Waals surface area contributed by atoms with Gasteiger partial charge in [-0.25, -0.2) is 4.39 Å². The zero-order valence-electron chi connectivity index (χ0n) is 9.54. The number of hydrogen-bond acceptors (Lipinski definition) is 2. The van der Waals surface area contributed by atoms with Crippen LogP contribution in [0, 0.1) is 17.1 Å². The van der Waals surface area contributed by atoms with Crippen molar-refractivity contribution in [3.8, 4) is 6.07 Å². The van der Waals surface area contributed by atoms with Crippen molar-refractivity contribution in [2.45, 2.75) is 32.2 Å². The van der Waals surface area contributed by atoms with Crippen LogP contribution in [0.3, 0.4) is 0 Å². The van der Waals surface area contributed by atoms with Gasteiger partial charge in [0.05, 0.1) is 6.07 Å². The standard InChI is InChI=1S/C13H17FN2/c1-11(16-10-4-2-3-9-15)12-5-7-13(14)8-6-12/h5-8,11,16H,2-4,10H2,1H3. The Morgan fingerprint density at radius 2 is 2.00 bits per heavy atom. The molecule has 1 aromatic carbocycles. The van der Waals surface area contributed by atoms with E-state index < -0.39 is 0 Å². The van der Waals surface area contributed by atoms with Gasteiger partial charge >= 0.3 is 0 Å². The molecule has 1 aromatic rings. The summed E-state index contributed by atoms with van der Waals surface area (Å²) in [4.78, 5) is 0. The molecule has 0 aliphatic heterocycles. The molecule has 0 heterocycles. The van der Waals surface area contributed by atoms with Gasteiger partial charge in [0, 0.05) is 12.5 Å². The molecular formula is C13H17FN2. The van der Waals surface area contributed by atoms with Gasteiger partial charge in [-0.3, -0.25) is 0 Å². The van der Waals surface area contributed by atoms with Gasteiger partial charge in [0.1, 0.15) is 5.82 Å². The Labute approximate surface area is 96.1 Å². The Kier molecular flexibility index (Phi) is 5.52. The van der Waals surface area contributed by atoms with E-state index >= 15 is 0 Å². The summed E-state index contributed by atoms with van der Waals surface area (Å²) in [6.07, 6.45) is 2.55. The quantitative estimate of drug-likeness (QED) is 0.747. The molecule has 86 valence electrons. The van der Waals surface area contributed by atoms with Gasteiger partial charge in [0.15, 0.2) is 0 Å². The van der Waals surface area contributed by atoms with Crippen LogP contribution in [-0.2, 0) is 0 Å². The Morgan fingerprint density at radius 3 is 2.62 bits per heavy atom. The first kappa shape index (κ1) is 12.7. The van der Waals surface area contributed by atoms with Gasteiger partial charge in [-0.05, 0) is 44.0 Å². The molecule has 1 N–H and O–H groups in total. The molecule has 0 aromatic heterocycles. The van der Waals surface area contributed by atoms with Gasteiger partial charge in [-0.2, -0.15) is 5.26 Å². The van der Waals surface area contributed by atoms with E-state index in [0.29, 0.717) is 6.42 Å². The number of nitrogens with zero attached hydrogens (tertiary/aromatic N) is 1. The summed E-state index contributed by atoms with van der Waals surface area (Å²) >= 11 is 0. The van der Waals surface area contributed by atoms with E-state index in [-0.39, 0.29) is 11.9 Å². The first-order valence-electron chi connectivity index (χ1n) is 5.60.